The zero-order valence-corrected chi connectivity index (χ0v) is 15.2. The normalized spacial score (nSPS) is 17.0. The van der Waals surface area contributed by atoms with Crippen molar-refractivity contribution in [3.8, 4) is 11.3 Å². The molecule has 0 radical (unpaired) electrons. The van der Waals surface area contributed by atoms with Crippen molar-refractivity contribution >= 4 is 22.8 Å². The SMILES string of the molecule is Cc1c(-c2n[nH]c3nc(N4CCC(C)(CN)CC4)cnc23)ccnc1N. The molecule has 0 atom stereocenters. The summed E-state index contributed by atoms with van der Waals surface area (Å²) in [6, 6.07) is 1.90. The summed E-state index contributed by atoms with van der Waals surface area (Å²) in [5.74, 6) is 1.37. The number of fused-ring (bicyclic) bond motifs is 1. The van der Waals surface area contributed by atoms with E-state index in [2.05, 4.69) is 32.0 Å². The first-order valence-electron chi connectivity index (χ1n) is 8.88. The summed E-state index contributed by atoms with van der Waals surface area (Å²) in [5.41, 5.74) is 16.0. The number of H-pyrrole nitrogens is 1. The number of nitrogen functional groups attached to an aromatic ring is 1. The maximum atomic E-state index is 5.93. The summed E-state index contributed by atoms with van der Waals surface area (Å²) in [6.07, 6.45) is 5.63. The minimum Gasteiger partial charge on any atom is -0.383 e. The van der Waals surface area contributed by atoms with E-state index >= 15 is 0 Å². The average Bonchev–Trinajstić information content (AvgIpc) is 3.07. The van der Waals surface area contributed by atoms with E-state index in [4.69, 9.17) is 16.5 Å². The van der Waals surface area contributed by atoms with Gasteiger partial charge in [-0.15, -0.1) is 0 Å². The lowest BCUT2D eigenvalue weighted by Gasteiger charge is -2.39. The number of rotatable bonds is 3. The molecule has 1 aliphatic rings. The number of aromatic amines is 1. The second kappa shape index (κ2) is 6.21. The molecule has 0 saturated carbocycles. The molecule has 1 aliphatic heterocycles. The van der Waals surface area contributed by atoms with E-state index in [1.165, 1.54) is 0 Å². The fourth-order valence-electron chi connectivity index (χ4n) is 3.42. The van der Waals surface area contributed by atoms with Gasteiger partial charge in [-0.1, -0.05) is 6.92 Å². The van der Waals surface area contributed by atoms with Crippen LogP contribution in [0.3, 0.4) is 0 Å². The van der Waals surface area contributed by atoms with Crippen LogP contribution in [-0.2, 0) is 0 Å². The van der Waals surface area contributed by atoms with Crippen molar-refractivity contribution in [3.63, 3.8) is 0 Å². The molecular formula is C18H24N8. The molecule has 3 aromatic rings. The molecule has 0 aliphatic carbocycles. The molecule has 8 nitrogen and oxygen atoms in total. The van der Waals surface area contributed by atoms with E-state index in [9.17, 15) is 0 Å². The van der Waals surface area contributed by atoms with Gasteiger partial charge >= 0.3 is 0 Å². The van der Waals surface area contributed by atoms with E-state index in [1.807, 2.05) is 19.2 Å². The lowest BCUT2D eigenvalue weighted by atomic mass is 9.80. The molecule has 3 aromatic heterocycles. The number of hydrogen-bond donors (Lipinski definition) is 3. The van der Waals surface area contributed by atoms with Crippen molar-refractivity contribution in [2.24, 2.45) is 11.1 Å². The molecule has 4 rings (SSSR count). The van der Waals surface area contributed by atoms with Gasteiger partial charge in [0.05, 0.1) is 6.20 Å². The highest BCUT2D eigenvalue weighted by Crippen LogP contribution is 2.33. The summed E-state index contributed by atoms with van der Waals surface area (Å²) < 4.78 is 0. The summed E-state index contributed by atoms with van der Waals surface area (Å²) in [4.78, 5) is 15.7. The van der Waals surface area contributed by atoms with Gasteiger partial charge < -0.3 is 16.4 Å². The first-order valence-corrected chi connectivity index (χ1v) is 8.88. The number of anilines is 2. The standard InChI is InChI=1S/C18H24N8/c1-11-12(3-6-21-16(11)20)14-15-17(25-24-14)23-13(9-22-15)26-7-4-18(2,10-19)5-8-26/h3,6,9H,4-5,7-8,10,19H2,1-2H3,(H2,20,21)(H,23,24,25). The number of nitrogens with one attached hydrogen (secondary N) is 1. The Morgan fingerprint density at radius 2 is 2.04 bits per heavy atom. The van der Waals surface area contributed by atoms with Gasteiger partial charge in [0.1, 0.15) is 22.8 Å². The Morgan fingerprint density at radius 1 is 1.27 bits per heavy atom. The summed E-state index contributed by atoms with van der Waals surface area (Å²) in [6.45, 7) is 6.79. The third-order valence-electron chi connectivity index (χ3n) is 5.54. The molecule has 0 aromatic carbocycles. The van der Waals surface area contributed by atoms with E-state index in [-0.39, 0.29) is 5.41 Å². The van der Waals surface area contributed by atoms with Crippen LogP contribution in [0.25, 0.3) is 22.4 Å². The van der Waals surface area contributed by atoms with Crippen molar-refractivity contribution in [3.05, 3.63) is 24.0 Å². The Balaban J connectivity index is 1.65. The lowest BCUT2D eigenvalue weighted by molar-refractivity contribution is 0.258. The highest BCUT2D eigenvalue weighted by Gasteiger charge is 2.29. The summed E-state index contributed by atoms with van der Waals surface area (Å²) >= 11 is 0. The zero-order chi connectivity index (χ0) is 18.3. The fraction of sp³-hybridized carbons (Fsp3) is 0.444. The highest BCUT2D eigenvalue weighted by molar-refractivity contribution is 5.89. The molecule has 0 spiro atoms. The van der Waals surface area contributed by atoms with Crippen molar-refractivity contribution in [1.82, 2.24) is 25.1 Å². The Bertz CT molecular complexity index is 940. The van der Waals surface area contributed by atoms with Crippen LogP contribution in [0.2, 0.25) is 0 Å². The molecule has 5 N–H and O–H groups in total. The maximum Gasteiger partial charge on any atom is 0.177 e. The second-order valence-corrected chi connectivity index (χ2v) is 7.37. The molecule has 1 saturated heterocycles. The Kier molecular flexibility index (Phi) is 3.99. The summed E-state index contributed by atoms with van der Waals surface area (Å²) in [7, 11) is 0. The molecule has 0 amide bonds. The topological polar surface area (TPSA) is 123 Å². The van der Waals surface area contributed by atoms with Crippen molar-refractivity contribution in [2.75, 3.05) is 30.3 Å². The molecule has 136 valence electrons. The van der Waals surface area contributed by atoms with Crippen molar-refractivity contribution in [1.29, 1.82) is 0 Å². The molecule has 0 bridgehead atoms. The third-order valence-corrected chi connectivity index (χ3v) is 5.54. The Morgan fingerprint density at radius 3 is 2.77 bits per heavy atom. The van der Waals surface area contributed by atoms with Crippen molar-refractivity contribution < 1.29 is 0 Å². The van der Waals surface area contributed by atoms with Crippen LogP contribution in [0.15, 0.2) is 18.5 Å². The van der Waals surface area contributed by atoms with E-state index in [1.54, 1.807) is 6.20 Å². The van der Waals surface area contributed by atoms with Gasteiger partial charge in [-0.2, -0.15) is 5.10 Å². The zero-order valence-electron chi connectivity index (χ0n) is 15.2. The van der Waals surface area contributed by atoms with Gasteiger partial charge in [0.2, 0.25) is 0 Å². The van der Waals surface area contributed by atoms with Gasteiger partial charge in [-0.05, 0) is 37.8 Å². The quantitative estimate of drug-likeness (QED) is 0.657. The predicted octanol–water partition coefficient (Wildman–Crippen LogP) is 1.87. The van der Waals surface area contributed by atoms with Gasteiger partial charge in [0.25, 0.3) is 0 Å². The maximum absolute atomic E-state index is 5.93. The predicted molar refractivity (Wildman–Crippen MR) is 103 cm³/mol. The number of hydrogen-bond acceptors (Lipinski definition) is 7. The van der Waals surface area contributed by atoms with E-state index in [0.717, 1.165) is 60.6 Å². The minimum absolute atomic E-state index is 0.230. The van der Waals surface area contributed by atoms with Crippen LogP contribution in [-0.4, -0.2) is 44.8 Å². The summed E-state index contributed by atoms with van der Waals surface area (Å²) in [5, 5.41) is 7.43. The van der Waals surface area contributed by atoms with Crippen molar-refractivity contribution in [2.45, 2.75) is 26.7 Å². The first kappa shape index (κ1) is 16.7. The number of piperidine rings is 1. The van der Waals surface area contributed by atoms with Crippen LogP contribution in [0.5, 0.6) is 0 Å². The average molecular weight is 352 g/mol. The van der Waals surface area contributed by atoms with Crippen LogP contribution in [0.1, 0.15) is 25.3 Å². The Labute approximate surface area is 152 Å². The number of nitrogens with zero attached hydrogens (tertiary/aromatic N) is 5. The number of nitrogens with two attached hydrogens (primary N) is 2. The first-order chi connectivity index (χ1) is 12.5. The second-order valence-electron chi connectivity index (χ2n) is 7.37. The van der Waals surface area contributed by atoms with E-state index in [0.29, 0.717) is 11.5 Å². The van der Waals surface area contributed by atoms with E-state index < -0.39 is 0 Å². The third kappa shape index (κ3) is 2.76. The van der Waals surface area contributed by atoms with Gasteiger partial charge in [0, 0.05) is 30.4 Å². The number of pyridine rings is 1. The monoisotopic (exact) mass is 352 g/mol. The number of aromatic nitrogens is 5. The van der Waals surface area contributed by atoms with Crippen LogP contribution < -0.4 is 16.4 Å². The molecule has 0 unspecified atom stereocenters. The molecule has 26 heavy (non-hydrogen) atoms. The smallest absolute Gasteiger partial charge is 0.177 e. The molecule has 4 heterocycles. The van der Waals surface area contributed by atoms with Gasteiger partial charge in [0.15, 0.2) is 5.65 Å². The van der Waals surface area contributed by atoms with Crippen LogP contribution in [0, 0.1) is 12.3 Å². The van der Waals surface area contributed by atoms with Crippen LogP contribution in [0.4, 0.5) is 11.6 Å². The molecule has 8 heteroatoms. The lowest BCUT2D eigenvalue weighted by Crippen LogP contribution is -2.42. The largest absolute Gasteiger partial charge is 0.383 e. The molecule has 1 fully saturated rings. The fourth-order valence-corrected chi connectivity index (χ4v) is 3.42. The van der Waals surface area contributed by atoms with Gasteiger partial charge in [-0.25, -0.2) is 15.0 Å². The van der Waals surface area contributed by atoms with Crippen LogP contribution >= 0.6 is 0 Å². The highest BCUT2D eigenvalue weighted by atomic mass is 15.2. The molecular weight excluding hydrogens is 328 g/mol. The van der Waals surface area contributed by atoms with Gasteiger partial charge in [-0.3, -0.25) is 5.10 Å². The minimum atomic E-state index is 0.230. The Hall–Kier alpha value is -2.74.